The van der Waals surface area contributed by atoms with E-state index in [9.17, 15) is 9.59 Å². The standard InChI is InChI=1S/C20H22N2O4/c1-20(2,3)16-8-10-17(11-9-16)26-13-18(23)22-21-12-14-4-6-15(7-5-14)19(24)25/h4-12H,13H2,1-3H3,(H,22,23)(H,24,25)/b21-12-. The Labute approximate surface area is 152 Å². The average molecular weight is 354 g/mol. The van der Waals surface area contributed by atoms with Crippen LogP contribution < -0.4 is 10.2 Å². The largest absolute Gasteiger partial charge is 0.484 e. The molecule has 0 heterocycles. The van der Waals surface area contributed by atoms with E-state index < -0.39 is 5.97 Å². The highest BCUT2D eigenvalue weighted by Crippen LogP contribution is 2.24. The molecule has 0 aromatic heterocycles. The van der Waals surface area contributed by atoms with Crippen LogP contribution in [0.5, 0.6) is 5.75 Å². The third-order valence-corrected chi connectivity index (χ3v) is 3.65. The number of amides is 1. The van der Waals surface area contributed by atoms with Gasteiger partial charge in [-0.1, -0.05) is 45.0 Å². The molecule has 0 aliphatic rings. The molecule has 0 saturated carbocycles. The molecule has 0 radical (unpaired) electrons. The molecule has 0 fully saturated rings. The predicted octanol–water partition coefficient (Wildman–Crippen LogP) is 3.21. The average Bonchev–Trinajstić information content (AvgIpc) is 2.60. The summed E-state index contributed by atoms with van der Waals surface area (Å²) in [6.07, 6.45) is 1.43. The number of hydrazone groups is 1. The maximum atomic E-state index is 11.7. The first kappa shape index (κ1) is 19.2. The van der Waals surface area contributed by atoms with Gasteiger partial charge < -0.3 is 9.84 Å². The number of ether oxygens (including phenoxy) is 1. The summed E-state index contributed by atoms with van der Waals surface area (Å²) in [6, 6.07) is 13.8. The molecule has 6 nitrogen and oxygen atoms in total. The number of carboxylic acids is 1. The molecular formula is C20H22N2O4. The quantitative estimate of drug-likeness (QED) is 0.616. The molecule has 26 heavy (non-hydrogen) atoms. The summed E-state index contributed by atoms with van der Waals surface area (Å²) < 4.78 is 5.43. The molecule has 0 aliphatic heterocycles. The first-order valence-corrected chi connectivity index (χ1v) is 8.14. The maximum absolute atomic E-state index is 11.7. The van der Waals surface area contributed by atoms with Crippen LogP contribution in [0.4, 0.5) is 0 Å². The lowest BCUT2D eigenvalue weighted by atomic mass is 9.87. The molecule has 2 aromatic rings. The predicted molar refractivity (Wildman–Crippen MR) is 99.8 cm³/mol. The van der Waals surface area contributed by atoms with Crippen LogP contribution in [0.15, 0.2) is 53.6 Å². The molecule has 2 aromatic carbocycles. The Bertz CT molecular complexity index is 788. The Hall–Kier alpha value is -3.15. The van der Waals surface area contributed by atoms with Crippen molar-refractivity contribution in [2.24, 2.45) is 5.10 Å². The fourth-order valence-corrected chi connectivity index (χ4v) is 2.12. The van der Waals surface area contributed by atoms with E-state index >= 15 is 0 Å². The van der Waals surface area contributed by atoms with Crippen LogP contribution in [0.1, 0.15) is 42.3 Å². The van der Waals surface area contributed by atoms with Gasteiger partial charge >= 0.3 is 5.97 Å². The summed E-state index contributed by atoms with van der Waals surface area (Å²) in [5.74, 6) is -0.765. The second-order valence-corrected chi connectivity index (χ2v) is 6.78. The van der Waals surface area contributed by atoms with Gasteiger partial charge in [-0.05, 0) is 40.8 Å². The first-order chi connectivity index (χ1) is 12.3. The lowest BCUT2D eigenvalue weighted by molar-refractivity contribution is -0.123. The van der Waals surface area contributed by atoms with Crippen molar-refractivity contribution in [3.8, 4) is 5.75 Å². The molecular weight excluding hydrogens is 332 g/mol. The van der Waals surface area contributed by atoms with E-state index in [4.69, 9.17) is 9.84 Å². The van der Waals surface area contributed by atoms with Crippen LogP contribution in [-0.2, 0) is 10.2 Å². The zero-order valence-corrected chi connectivity index (χ0v) is 15.0. The minimum Gasteiger partial charge on any atom is -0.484 e. The number of nitrogens with zero attached hydrogens (tertiary/aromatic N) is 1. The van der Waals surface area contributed by atoms with Crippen molar-refractivity contribution in [1.29, 1.82) is 0 Å². The Morgan fingerprint density at radius 2 is 1.69 bits per heavy atom. The van der Waals surface area contributed by atoms with Crippen LogP contribution in [-0.4, -0.2) is 29.8 Å². The number of nitrogens with one attached hydrogen (secondary N) is 1. The monoisotopic (exact) mass is 354 g/mol. The minimum absolute atomic E-state index is 0.0628. The number of aromatic carboxylic acids is 1. The van der Waals surface area contributed by atoms with Crippen molar-refractivity contribution in [2.75, 3.05) is 6.61 Å². The highest BCUT2D eigenvalue weighted by molar-refractivity contribution is 5.89. The van der Waals surface area contributed by atoms with Crippen LogP contribution in [0.3, 0.4) is 0 Å². The van der Waals surface area contributed by atoms with E-state index in [0.717, 1.165) is 0 Å². The number of carbonyl (C=O) groups is 2. The van der Waals surface area contributed by atoms with Gasteiger partial charge in [-0.2, -0.15) is 5.10 Å². The van der Waals surface area contributed by atoms with Gasteiger partial charge in [-0.15, -0.1) is 0 Å². The van der Waals surface area contributed by atoms with E-state index in [-0.39, 0.29) is 23.5 Å². The van der Waals surface area contributed by atoms with E-state index in [2.05, 4.69) is 31.3 Å². The van der Waals surface area contributed by atoms with Crippen LogP contribution in [0.25, 0.3) is 0 Å². The van der Waals surface area contributed by atoms with Crippen LogP contribution in [0, 0.1) is 0 Å². The SMILES string of the molecule is CC(C)(C)c1ccc(OCC(=O)N/N=C\c2ccc(C(=O)O)cc2)cc1. The number of rotatable bonds is 6. The van der Waals surface area contributed by atoms with E-state index in [1.807, 2.05) is 24.3 Å². The Morgan fingerprint density at radius 1 is 1.08 bits per heavy atom. The lowest BCUT2D eigenvalue weighted by Gasteiger charge is -2.19. The van der Waals surface area contributed by atoms with E-state index in [1.54, 1.807) is 12.1 Å². The van der Waals surface area contributed by atoms with E-state index in [1.165, 1.54) is 23.9 Å². The van der Waals surface area contributed by atoms with Gasteiger partial charge in [0.25, 0.3) is 5.91 Å². The molecule has 0 bridgehead atoms. The van der Waals surface area contributed by atoms with Gasteiger partial charge in [0, 0.05) is 0 Å². The van der Waals surface area contributed by atoms with Gasteiger partial charge in [-0.3, -0.25) is 4.79 Å². The van der Waals surface area contributed by atoms with Crippen molar-refractivity contribution < 1.29 is 19.4 Å². The van der Waals surface area contributed by atoms with Gasteiger partial charge in [-0.25, -0.2) is 10.2 Å². The minimum atomic E-state index is -0.991. The second kappa shape index (κ2) is 8.29. The van der Waals surface area contributed by atoms with Crippen molar-refractivity contribution in [3.05, 3.63) is 65.2 Å². The number of carboxylic acid groups (broad SMARTS) is 1. The number of benzene rings is 2. The number of carbonyl (C=O) groups excluding carboxylic acids is 1. The smallest absolute Gasteiger partial charge is 0.335 e. The number of hydrogen-bond acceptors (Lipinski definition) is 4. The van der Waals surface area contributed by atoms with Gasteiger partial charge in [0.05, 0.1) is 11.8 Å². The third-order valence-electron chi connectivity index (χ3n) is 3.65. The van der Waals surface area contributed by atoms with Crippen molar-refractivity contribution >= 4 is 18.1 Å². The molecule has 0 atom stereocenters. The molecule has 0 aliphatic carbocycles. The van der Waals surface area contributed by atoms with Crippen LogP contribution in [0.2, 0.25) is 0 Å². The normalized spacial score (nSPS) is 11.3. The summed E-state index contributed by atoms with van der Waals surface area (Å²) >= 11 is 0. The van der Waals surface area contributed by atoms with Gasteiger partial charge in [0.2, 0.25) is 0 Å². The molecule has 1 amide bonds. The second-order valence-electron chi connectivity index (χ2n) is 6.78. The fraction of sp³-hybridized carbons (Fsp3) is 0.250. The molecule has 0 spiro atoms. The molecule has 0 unspecified atom stereocenters. The fourth-order valence-electron chi connectivity index (χ4n) is 2.12. The van der Waals surface area contributed by atoms with Crippen molar-refractivity contribution in [3.63, 3.8) is 0 Å². The zero-order chi connectivity index (χ0) is 19.2. The summed E-state index contributed by atoms with van der Waals surface area (Å²) in [5.41, 5.74) is 4.48. The lowest BCUT2D eigenvalue weighted by Crippen LogP contribution is -2.24. The van der Waals surface area contributed by atoms with Crippen molar-refractivity contribution in [1.82, 2.24) is 5.43 Å². The Kier molecular flexibility index (Phi) is 6.11. The molecule has 6 heteroatoms. The summed E-state index contributed by atoms with van der Waals surface area (Å²) in [4.78, 5) is 22.5. The first-order valence-electron chi connectivity index (χ1n) is 8.14. The third kappa shape index (κ3) is 5.73. The van der Waals surface area contributed by atoms with Crippen LogP contribution >= 0.6 is 0 Å². The Morgan fingerprint density at radius 3 is 2.23 bits per heavy atom. The maximum Gasteiger partial charge on any atom is 0.335 e. The topological polar surface area (TPSA) is 88.0 Å². The van der Waals surface area contributed by atoms with Gasteiger partial charge in [0.15, 0.2) is 6.61 Å². The molecule has 2 rings (SSSR count). The molecule has 0 saturated heterocycles. The van der Waals surface area contributed by atoms with Gasteiger partial charge in [0.1, 0.15) is 5.75 Å². The Balaban J connectivity index is 1.80. The summed E-state index contributed by atoms with van der Waals surface area (Å²) in [5, 5.41) is 12.7. The molecule has 2 N–H and O–H groups in total. The zero-order valence-electron chi connectivity index (χ0n) is 15.0. The van der Waals surface area contributed by atoms with E-state index in [0.29, 0.717) is 11.3 Å². The van der Waals surface area contributed by atoms with Crippen molar-refractivity contribution in [2.45, 2.75) is 26.2 Å². The highest BCUT2D eigenvalue weighted by Gasteiger charge is 2.13. The number of hydrogen-bond donors (Lipinski definition) is 2. The highest BCUT2D eigenvalue weighted by atomic mass is 16.5. The summed E-state index contributed by atoms with van der Waals surface area (Å²) in [7, 11) is 0. The molecule has 136 valence electrons. The summed E-state index contributed by atoms with van der Waals surface area (Å²) in [6.45, 7) is 6.24.